The monoisotopic (exact) mass is 379 g/mol. The summed E-state index contributed by atoms with van der Waals surface area (Å²) in [6, 6.07) is 15.7. The van der Waals surface area contributed by atoms with Crippen molar-refractivity contribution < 1.29 is 9.53 Å². The summed E-state index contributed by atoms with van der Waals surface area (Å²) in [4.78, 5) is 17.3. The summed E-state index contributed by atoms with van der Waals surface area (Å²) in [6.45, 7) is 7.62. The molecule has 2 N–H and O–H groups in total. The minimum Gasteiger partial charge on any atom is -0.376 e. The average Bonchev–Trinajstić information content (AvgIpc) is 3.20. The molecular formula is C23H29N3O2. The number of hydrogen-bond donors (Lipinski definition) is 2. The first-order chi connectivity index (χ1) is 13.5. The van der Waals surface area contributed by atoms with Crippen molar-refractivity contribution in [2.24, 2.45) is 4.99 Å². The largest absolute Gasteiger partial charge is 0.376 e. The van der Waals surface area contributed by atoms with Gasteiger partial charge in [0.25, 0.3) is 5.91 Å². The van der Waals surface area contributed by atoms with E-state index in [2.05, 4.69) is 41.6 Å². The number of aliphatic imine (C=N–C) groups is 1. The van der Waals surface area contributed by atoms with Crippen molar-refractivity contribution in [3.63, 3.8) is 0 Å². The van der Waals surface area contributed by atoms with Crippen LogP contribution in [0.3, 0.4) is 0 Å². The molecule has 0 bridgehead atoms. The highest BCUT2D eigenvalue weighted by Gasteiger charge is 2.16. The van der Waals surface area contributed by atoms with Crippen molar-refractivity contribution >= 4 is 17.6 Å². The molecule has 1 fully saturated rings. The molecule has 1 amide bonds. The van der Waals surface area contributed by atoms with Gasteiger partial charge in [-0.2, -0.15) is 0 Å². The number of nitrogens with zero attached hydrogens (tertiary/aromatic N) is 1. The molecule has 2 aromatic rings. The van der Waals surface area contributed by atoms with Gasteiger partial charge in [-0.15, -0.1) is 0 Å². The molecule has 28 heavy (non-hydrogen) atoms. The van der Waals surface area contributed by atoms with Crippen molar-refractivity contribution in [2.75, 3.05) is 18.5 Å². The summed E-state index contributed by atoms with van der Waals surface area (Å²) in [5, 5.41) is 6.16. The highest BCUT2D eigenvalue weighted by atomic mass is 16.5. The van der Waals surface area contributed by atoms with E-state index in [4.69, 9.17) is 4.74 Å². The van der Waals surface area contributed by atoms with Gasteiger partial charge in [0, 0.05) is 17.9 Å². The van der Waals surface area contributed by atoms with Crippen molar-refractivity contribution in [2.45, 2.75) is 45.6 Å². The van der Waals surface area contributed by atoms with Crippen LogP contribution in [-0.4, -0.2) is 31.1 Å². The van der Waals surface area contributed by atoms with E-state index in [1.54, 1.807) is 6.07 Å². The summed E-state index contributed by atoms with van der Waals surface area (Å²) in [6.07, 6.45) is 2.19. The van der Waals surface area contributed by atoms with Gasteiger partial charge in [-0.25, -0.2) is 4.99 Å². The van der Waals surface area contributed by atoms with Gasteiger partial charge in [0.2, 0.25) is 5.96 Å². The Morgan fingerprint density at radius 1 is 1.21 bits per heavy atom. The lowest BCUT2D eigenvalue weighted by molar-refractivity contribution is 0.0975. The van der Waals surface area contributed by atoms with Gasteiger partial charge in [-0.1, -0.05) is 43.7 Å². The van der Waals surface area contributed by atoms with Gasteiger partial charge in [-0.3, -0.25) is 10.1 Å². The summed E-state index contributed by atoms with van der Waals surface area (Å²) < 4.78 is 5.65. The summed E-state index contributed by atoms with van der Waals surface area (Å²) in [7, 11) is 0. The molecule has 148 valence electrons. The number of carbonyl (C=O) groups excluding carboxylic acids is 1. The number of guanidine groups is 1. The lowest BCUT2D eigenvalue weighted by atomic mass is 10.0. The topological polar surface area (TPSA) is 62.7 Å². The van der Waals surface area contributed by atoms with Gasteiger partial charge in [0.1, 0.15) is 0 Å². The minimum atomic E-state index is -0.180. The molecule has 0 aliphatic carbocycles. The van der Waals surface area contributed by atoms with E-state index in [1.807, 2.05) is 37.3 Å². The number of benzene rings is 2. The standard InChI is InChI=1S/C23H29N3O2/c1-16(2)18-9-11-20(12-10-18)25-23(24-15-21-8-5-13-28-21)26-22(27)19-7-4-6-17(3)14-19/h4,6-7,9-12,14,16,21H,5,8,13,15H2,1-3H3,(H2,24,25,26,27)/t21-/m1/s1. The molecule has 0 radical (unpaired) electrons. The fourth-order valence-corrected chi connectivity index (χ4v) is 3.15. The van der Waals surface area contributed by atoms with E-state index in [0.717, 1.165) is 30.7 Å². The number of anilines is 1. The number of carbonyl (C=O) groups is 1. The minimum absolute atomic E-state index is 0.121. The molecule has 0 saturated carbocycles. The molecule has 1 aliphatic heterocycles. The van der Waals surface area contributed by atoms with Crippen LogP contribution in [0.5, 0.6) is 0 Å². The van der Waals surface area contributed by atoms with Crippen LogP contribution in [0.2, 0.25) is 0 Å². The number of amides is 1. The molecule has 1 heterocycles. The van der Waals surface area contributed by atoms with E-state index < -0.39 is 0 Å². The van der Waals surface area contributed by atoms with Gasteiger partial charge in [-0.05, 0) is 55.5 Å². The molecular weight excluding hydrogens is 350 g/mol. The molecule has 1 aliphatic rings. The first kappa shape index (κ1) is 20.1. The number of aryl methyl sites for hydroxylation is 1. The first-order valence-corrected chi connectivity index (χ1v) is 9.92. The fourth-order valence-electron chi connectivity index (χ4n) is 3.15. The smallest absolute Gasteiger partial charge is 0.257 e. The van der Waals surface area contributed by atoms with E-state index in [-0.39, 0.29) is 12.0 Å². The number of ether oxygens (including phenoxy) is 1. The van der Waals surface area contributed by atoms with Gasteiger partial charge < -0.3 is 10.1 Å². The van der Waals surface area contributed by atoms with Gasteiger partial charge in [0.15, 0.2) is 0 Å². The lowest BCUT2D eigenvalue weighted by Gasteiger charge is -2.14. The van der Waals surface area contributed by atoms with Crippen LogP contribution in [0.1, 0.15) is 54.1 Å². The Labute approximate surface area is 167 Å². The Kier molecular flexibility index (Phi) is 6.82. The lowest BCUT2D eigenvalue weighted by Crippen LogP contribution is -2.36. The van der Waals surface area contributed by atoms with Crippen LogP contribution < -0.4 is 10.6 Å². The number of rotatable bonds is 5. The third-order valence-corrected chi connectivity index (χ3v) is 4.83. The predicted octanol–water partition coefficient (Wildman–Crippen LogP) is 4.50. The molecule has 0 aromatic heterocycles. The van der Waals surface area contributed by atoms with E-state index >= 15 is 0 Å². The summed E-state index contributed by atoms with van der Waals surface area (Å²) in [5.41, 5.74) is 3.82. The van der Waals surface area contributed by atoms with Crippen LogP contribution in [0.25, 0.3) is 0 Å². The van der Waals surface area contributed by atoms with Crippen LogP contribution in [-0.2, 0) is 4.74 Å². The maximum absolute atomic E-state index is 12.7. The van der Waals surface area contributed by atoms with Crippen LogP contribution in [0.4, 0.5) is 5.69 Å². The molecule has 5 heteroatoms. The fraction of sp³-hybridized carbons (Fsp3) is 0.391. The summed E-state index contributed by atoms with van der Waals surface area (Å²) >= 11 is 0. The second-order valence-electron chi connectivity index (χ2n) is 7.55. The molecule has 3 rings (SSSR count). The third kappa shape index (κ3) is 5.67. The molecule has 0 spiro atoms. The van der Waals surface area contributed by atoms with Crippen molar-refractivity contribution in [1.82, 2.24) is 5.32 Å². The molecule has 1 atom stereocenters. The Bertz CT molecular complexity index is 822. The maximum Gasteiger partial charge on any atom is 0.257 e. The zero-order valence-corrected chi connectivity index (χ0v) is 16.9. The van der Waals surface area contributed by atoms with E-state index in [1.165, 1.54) is 5.56 Å². The molecule has 1 saturated heterocycles. The quantitative estimate of drug-likeness (QED) is 0.594. The number of nitrogens with one attached hydrogen (secondary N) is 2. The Morgan fingerprint density at radius 2 is 2.00 bits per heavy atom. The van der Waals surface area contributed by atoms with Crippen LogP contribution >= 0.6 is 0 Å². The number of hydrogen-bond acceptors (Lipinski definition) is 3. The highest BCUT2D eigenvalue weighted by molar-refractivity contribution is 6.10. The maximum atomic E-state index is 12.7. The zero-order valence-electron chi connectivity index (χ0n) is 16.9. The van der Waals surface area contributed by atoms with Crippen molar-refractivity contribution in [3.8, 4) is 0 Å². The zero-order chi connectivity index (χ0) is 19.9. The second kappa shape index (κ2) is 9.51. The average molecular weight is 380 g/mol. The van der Waals surface area contributed by atoms with Crippen molar-refractivity contribution in [1.29, 1.82) is 0 Å². The van der Waals surface area contributed by atoms with Gasteiger partial charge in [0.05, 0.1) is 12.6 Å². The highest BCUT2D eigenvalue weighted by Crippen LogP contribution is 2.17. The molecule has 2 aromatic carbocycles. The Balaban J connectivity index is 1.74. The second-order valence-corrected chi connectivity index (χ2v) is 7.55. The van der Waals surface area contributed by atoms with Crippen LogP contribution in [0, 0.1) is 6.92 Å². The Hall–Kier alpha value is -2.66. The van der Waals surface area contributed by atoms with Crippen LogP contribution in [0.15, 0.2) is 53.5 Å². The SMILES string of the molecule is Cc1cccc(C(=O)NC(=NC[C@H]2CCCO2)Nc2ccc(C(C)C)cc2)c1. The van der Waals surface area contributed by atoms with Gasteiger partial charge >= 0.3 is 0 Å². The van der Waals surface area contributed by atoms with Crippen molar-refractivity contribution in [3.05, 3.63) is 65.2 Å². The molecule has 0 unspecified atom stereocenters. The predicted molar refractivity (Wildman–Crippen MR) is 114 cm³/mol. The summed E-state index contributed by atoms with van der Waals surface area (Å²) in [5.74, 6) is 0.739. The Morgan fingerprint density at radius 3 is 2.64 bits per heavy atom. The normalized spacial score (nSPS) is 17.0. The molecule has 5 nitrogen and oxygen atoms in total. The van der Waals surface area contributed by atoms with E-state index in [9.17, 15) is 4.79 Å². The third-order valence-electron chi connectivity index (χ3n) is 4.83. The van der Waals surface area contributed by atoms with E-state index in [0.29, 0.717) is 24.0 Å². The first-order valence-electron chi connectivity index (χ1n) is 9.92.